The fraction of sp³-hybridized carbons (Fsp3) is 0.588. The molecule has 1 aromatic rings. The van der Waals surface area contributed by atoms with Gasteiger partial charge in [0, 0.05) is 6.04 Å². The Balaban J connectivity index is 0.00000220. The molecule has 0 N–H and O–H groups in total. The van der Waals surface area contributed by atoms with Crippen LogP contribution in [0.5, 0.6) is 0 Å². The van der Waals surface area contributed by atoms with Crippen LogP contribution >= 0.6 is 12.4 Å². The first kappa shape index (κ1) is 18.0. The molecule has 1 aromatic carbocycles. The number of piperidine rings is 1. The lowest BCUT2D eigenvalue weighted by Crippen LogP contribution is -2.38. The number of halogens is 1. The van der Waals surface area contributed by atoms with Crippen LogP contribution in [0.4, 0.5) is 0 Å². The Hall–Kier alpha value is -1.06. The zero-order valence-electron chi connectivity index (χ0n) is 12.8. The Morgan fingerprint density at radius 3 is 2.71 bits per heavy atom. The van der Waals surface area contributed by atoms with E-state index < -0.39 is 0 Å². The van der Waals surface area contributed by atoms with Crippen LogP contribution in [0.1, 0.15) is 49.4 Å². The van der Waals surface area contributed by atoms with E-state index in [2.05, 4.69) is 11.8 Å². The van der Waals surface area contributed by atoms with Crippen molar-refractivity contribution in [2.24, 2.45) is 0 Å². The maximum absolute atomic E-state index is 11.7. The third kappa shape index (κ3) is 6.06. The van der Waals surface area contributed by atoms with E-state index in [1.807, 2.05) is 18.2 Å². The molecule has 1 saturated heterocycles. The molecule has 0 amide bonds. The molecule has 0 radical (unpaired) electrons. The molecular formula is C17H26ClNO2. The number of carbonyl (C=O) groups is 1. The lowest BCUT2D eigenvalue weighted by molar-refractivity contribution is 0.0491. The van der Waals surface area contributed by atoms with Crippen LogP contribution < -0.4 is 0 Å². The molecule has 1 unspecified atom stereocenters. The molecule has 0 aliphatic carbocycles. The van der Waals surface area contributed by atoms with Gasteiger partial charge in [0.1, 0.15) is 0 Å². The van der Waals surface area contributed by atoms with Crippen LogP contribution in [0.25, 0.3) is 0 Å². The van der Waals surface area contributed by atoms with E-state index in [1.54, 1.807) is 12.1 Å². The van der Waals surface area contributed by atoms with Crippen molar-refractivity contribution in [2.45, 2.75) is 45.1 Å². The fourth-order valence-electron chi connectivity index (χ4n) is 2.73. The number of esters is 1. The second-order valence-corrected chi connectivity index (χ2v) is 5.59. The predicted molar refractivity (Wildman–Crippen MR) is 88.1 cm³/mol. The topological polar surface area (TPSA) is 29.5 Å². The first-order valence-corrected chi connectivity index (χ1v) is 7.73. The van der Waals surface area contributed by atoms with Gasteiger partial charge >= 0.3 is 5.97 Å². The molecule has 1 fully saturated rings. The van der Waals surface area contributed by atoms with Crippen molar-refractivity contribution in [1.82, 2.24) is 4.90 Å². The molecule has 1 aliphatic rings. The highest BCUT2D eigenvalue weighted by molar-refractivity contribution is 5.89. The van der Waals surface area contributed by atoms with Gasteiger partial charge in [0.2, 0.25) is 0 Å². The summed E-state index contributed by atoms with van der Waals surface area (Å²) in [6, 6.07) is 9.91. The van der Waals surface area contributed by atoms with Crippen LogP contribution in [0.2, 0.25) is 0 Å². The summed E-state index contributed by atoms with van der Waals surface area (Å²) in [5.74, 6) is -0.211. The Morgan fingerprint density at radius 1 is 1.24 bits per heavy atom. The van der Waals surface area contributed by atoms with E-state index in [4.69, 9.17) is 4.74 Å². The summed E-state index contributed by atoms with van der Waals surface area (Å²) < 4.78 is 5.29. The highest BCUT2D eigenvalue weighted by atomic mass is 35.5. The summed E-state index contributed by atoms with van der Waals surface area (Å²) in [5, 5.41) is 0. The van der Waals surface area contributed by atoms with Crippen molar-refractivity contribution >= 4 is 18.4 Å². The highest BCUT2D eigenvalue weighted by Crippen LogP contribution is 2.16. The molecule has 0 aromatic heterocycles. The number of hydrogen-bond acceptors (Lipinski definition) is 3. The predicted octanol–water partition coefficient (Wildman–Crippen LogP) is 3.92. The van der Waals surface area contributed by atoms with Crippen LogP contribution in [0.15, 0.2) is 30.3 Å². The Kier molecular flexibility index (Phi) is 8.40. The summed E-state index contributed by atoms with van der Waals surface area (Å²) in [7, 11) is 0. The quantitative estimate of drug-likeness (QED) is 0.589. The van der Waals surface area contributed by atoms with Crippen molar-refractivity contribution < 1.29 is 9.53 Å². The average molecular weight is 312 g/mol. The molecule has 21 heavy (non-hydrogen) atoms. The number of benzene rings is 1. The second kappa shape index (κ2) is 9.80. The maximum atomic E-state index is 11.7. The molecule has 118 valence electrons. The zero-order valence-corrected chi connectivity index (χ0v) is 13.6. The standard InChI is InChI=1S/C17H25NO2.ClH/c1-15-9-5-6-12-18(15)13-7-8-14-20-17(19)16-10-3-2-4-11-16;/h2-4,10-11,15H,5-9,12-14H2,1H3;1H. The maximum Gasteiger partial charge on any atom is 0.338 e. The van der Waals surface area contributed by atoms with Gasteiger partial charge in [0.25, 0.3) is 0 Å². The normalized spacial score (nSPS) is 18.8. The van der Waals surface area contributed by atoms with Gasteiger partial charge in [-0.1, -0.05) is 24.6 Å². The molecular weight excluding hydrogens is 286 g/mol. The summed E-state index contributed by atoms with van der Waals surface area (Å²) in [6.07, 6.45) is 6.07. The van der Waals surface area contributed by atoms with Gasteiger partial charge in [-0.15, -0.1) is 12.4 Å². The molecule has 0 bridgehead atoms. The molecule has 0 spiro atoms. The third-order valence-corrected chi connectivity index (χ3v) is 4.02. The SMILES string of the molecule is CC1CCCCN1CCCCOC(=O)c1ccccc1.Cl. The van der Waals surface area contributed by atoms with Gasteiger partial charge in [-0.3, -0.25) is 0 Å². The van der Waals surface area contributed by atoms with Crippen molar-refractivity contribution in [2.75, 3.05) is 19.7 Å². The average Bonchev–Trinajstić information content (AvgIpc) is 2.49. The van der Waals surface area contributed by atoms with Gasteiger partial charge in [-0.2, -0.15) is 0 Å². The van der Waals surface area contributed by atoms with Gasteiger partial charge in [-0.25, -0.2) is 4.79 Å². The molecule has 1 heterocycles. The van der Waals surface area contributed by atoms with E-state index in [0.717, 1.165) is 25.4 Å². The van der Waals surface area contributed by atoms with E-state index in [1.165, 1.54) is 25.8 Å². The Bertz CT molecular complexity index is 411. The number of likely N-dealkylation sites (tertiary alicyclic amines) is 1. The fourth-order valence-corrected chi connectivity index (χ4v) is 2.73. The lowest BCUT2D eigenvalue weighted by Gasteiger charge is -2.33. The third-order valence-electron chi connectivity index (χ3n) is 4.02. The Morgan fingerprint density at radius 2 is 2.00 bits per heavy atom. The highest BCUT2D eigenvalue weighted by Gasteiger charge is 2.17. The van der Waals surface area contributed by atoms with Gasteiger partial charge in [0.05, 0.1) is 12.2 Å². The minimum atomic E-state index is -0.211. The van der Waals surface area contributed by atoms with E-state index in [0.29, 0.717) is 12.2 Å². The van der Waals surface area contributed by atoms with E-state index in [9.17, 15) is 4.79 Å². The van der Waals surface area contributed by atoms with Crippen molar-refractivity contribution in [3.05, 3.63) is 35.9 Å². The smallest absolute Gasteiger partial charge is 0.338 e. The van der Waals surface area contributed by atoms with Crippen molar-refractivity contribution in [1.29, 1.82) is 0 Å². The minimum Gasteiger partial charge on any atom is -0.462 e. The van der Waals surface area contributed by atoms with Gasteiger partial charge in [-0.05, 0) is 57.8 Å². The van der Waals surface area contributed by atoms with Crippen LogP contribution in [-0.2, 0) is 4.74 Å². The summed E-state index contributed by atoms with van der Waals surface area (Å²) in [4.78, 5) is 14.3. The number of ether oxygens (including phenoxy) is 1. The molecule has 1 atom stereocenters. The monoisotopic (exact) mass is 311 g/mol. The summed E-state index contributed by atoms with van der Waals surface area (Å²) in [6.45, 7) is 5.19. The summed E-state index contributed by atoms with van der Waals surface area (Å²) >= 11 is 0. The molecule has 3 nitrogen and oxygen atoms in total. The first-order valence-electron chi connectivity index (χ1n) is 7.73. The lowest BCUT2D eigenvalue weighted by atomic mass is 10.0. The first-order chi connectivity index (χ1) is 9.77. The van der Waals surface area contributed by atoms with Crippen molar-refractivity contribution in [3.63, 3.8) is 0 Å². The molecule has 0 saturated carbocycles. The zero-order chi connectivity index (χ0) is 14.2. The number of carbonyl (C=O) groups excluding carboxylic acids is 1. The van der Waals surface area contributed by atoms with Crippen molar-refractivity contribution in [3.8, 4) is 0 Å². The Labute approximate surface area is 134 Å². The largest absolute Gasteiger partial charge is 0.462 e. The van der Waals surface area contributed by atoms with Gasteiger partial charge < -0.3 is 9.64 Å². The van der Waals surface area contributed by atoms with E-state index in [-0.39, 0.29) is 18.4 Å². The number of rotatable bonds is 6. The summed E-state index contributed by atoms with van der Waals surface area (Å²) in [5.41, 5.74) is 0.636. The minimum absolute atomic E-state index is 0. The number of unbranched alkanes of at least 4 members (excludes halogenated alkanes) is 1. The molecule has 4 heteroatoms. The van der Waals surface area contributed by atoms with Crippen LogP contribution in [0.3, 0.4) is 0 Å². The molecule has 2 rings (SSSR count). The van der Waals surface area contributed by atoms with Crippen LogP contribution in [0, 0.1) is 0 Å². The van der Waals surface area contributed by atoms with Crippen LogP contribution in [-0.4, -0.2) is 36.6 Å². The molecule has 1 aliphatic heterocycles. The number of nitrogens with zero attached hydrogens (tertiary/aromatic N) is 1. The van der Waals surface area contributed by atoms with E-state index >= 15 is 0 Å². The number of hydrogen-bond donors (Lipinski definition) is 0. The van der Waals surface area contributed by atoms with Gasteiger partial charge in [0.15, 0.2) is 0 Å². The second-order valence-electron chi connectivity index (χ2n) is 5.59.